The molecule has 0 unspecified atom stereocenters. The molecule has 1 aliphatic heterocycles. The molecule has 0 bridgehead atoms. The van der Waals surface area contributed by atoms with Crippen LogP contribution >= 0.6 is 0 Å². The summed E-state index contributed by atoms with van der Waals surface area (Å²) >= 11 is 0. The van der Waals surface area contributed by atoms with Gasteiger partial charge in [-0.05, 0) is 43.5 Å². The fourth-order valence-electron chi connectivity index (χ4n) is 3.94. The summed E-state index contributed by atoms with van der Waals surface area (Å²) in [5, 5.41) is 8.81. The molecule has 0 fully saturated rings. The van der Waals surface area contributed by atoms with E-state index in [1.165, 1.54) is 4.31 Å². The normalized spacial score (nSPS) is 15.5. The lowest BCUT2D eigenvalue weighted by molar-refractivity contribution is 0.392. The van der Waals surface area contributed by atoms with Gasteiger partial charge in [-0.25, -0.2) is 8.42 Å². The van der Waals surface area contributed by atoms with E-state index in [4.69, 9.17) is 5.73 Å². The van der Waals surface area contributed by atoms with Crippen molar-refractivity contribution < 1.29 is 8.42 Å². The van der Waals surface area contributed by atoms with Crippen molar-refractivity contribution in [2.24, 2.45) is 5.73 Å². The molecule has 3 N–H and O–H groups in total. The van der Waals surface area contributed by atoms with Crippen LogP contribution in [0.3, 0.4) is 0 Å². The van der Waals surface area contributed by atoms with E-state index in [-0.39, 0.29) is 17.9 Å². The first kappa shape index (κ1) is 18.1. The molecular weight excluding hydrogens is 366 g/mol. The number of nitrogens with two attached hydrogens (primary N) is 1. The fraction of sp³-hybridized carbons (Fsp3) is 0.444. The minimum Gasteiger partial charge on any atom is -0.329 e. The van der Waals surface area contributed by atoms with Gasteiger partial charge in [-0.2, -0.15) is 9.40 Å². The van der Waals surface area contributed by atoms with Crippen molar-refractivity contribution in [3.8, 4) is 0 Å². The molecule has 0 aliphatic carbocycles. The van der Waals surface area contributed by atoms with Crippen molar-refractivity contribution in [2.75, 3.05) is 18.8 Å². The van der Waals surface area contributed by atoms with E-state index in [1.807, 2.05) is 19.9 Å². The van der Waals surface area contributed by atoms with Gasteiger partial charge < -0.3 is 10.3 Å². The number of benzene rings is 1. The molecular formula is C18H23N5O3S. The first-order chi connectivity index (χ1) is 12.9. The van der Waals surface area contributed by atoms with Crippen LogP contribution in [-0.2, 0) is 29.5 Å². The smallest absolute Gasteiger partial charge is 0.262 e. The lowest BCUT2D eigenvalue weighted by Gasteiger charge is -2.28. The Hall–Kier alpha value is -2.23. The highest BCUT2D eigenvalue weighted by Crippen LogP contribution is 2.30. The molecule has 3 heterocycles. The van der Waals surface area contributed by atoms with E-state index < -0.39 is 10.0 Å². The van der Waals surface area contributed by atoms with Crippen molar-refractivity contribution in [3.63, 3.8) is 0 Å². The number of nitrogens with zero attached hydrogens (tertiary/aromatic N) is 3. The predicted molar refractivity (Wildman–Crippen MR) is 105 cm³/mol. The third-order valence-corrected chi connectivity index (χ3v) is 7.18. The number of aromatic amines is 1. The fourth-order valence-corrected chi connectivity index (χ4v) is 5.20. The largest absolute Gasteiger partial charge is 0.329 e. The third-order valence-electron chi connectivity index (χ3n) is 5.33. The van der Waals surface area contributed by atoms with Crippen molar-refractivity contribution in [2.45, 2.75) is 33.4 Å². The SMILES string of the molecule is CCn1c(=O)c2c(C)[nH]nc2c2cc3c(cc21)CN(S(=O)(=O)CCN)CC3. The van der Waals surface area contributed by atoms with Gasteiger partial charge >= 0.3 is 0 Å². The van der Waals surface area contributed by atoms with Crippen molar-refractivity contribution in [3.05, 3.63) is 39.3 Å². The number of H-pyrrole nitrogens is 1. The Bertz CT molecular complexity index is 1210. The molecule has 9 heteroatoms. The Labute approximate surface area is 157 Å². The highest BCUT2D eigenvalue weighted by molar-refractivity contribution is 7.89. The Balaban J connectivity index is 1.93. The van der Waals surface area contributed by atoms with Crippen LogP contribution in [0.5, 0.6) is 0 Å². The standard InChI is InChI=1S/C18H23N5O3S/c1-3-23-15-9-13-10-22(27(25,26)7-5-19)6-4-12(13)8-14(15)17-16(18(23)24)11(2)20-21-17/h8-9H,3-7,10,19H2,1-2H3,(H,20,21). The van der Waals surface area contributed by atoms with E-state index in [0.29, 0.717) is 37.0 Å². The van der Waals surface area contributed by atoms with E-state index in [0.717, 1.165) is 27.7 Å². The predicted octanol–water partition coefficient (Wildman–Crippen LogP) is 0.853. The second-order valence-corrected chi connectivity index (χ2v) is 9.04. The topological polar surface area (TPSA) is 114 Å². The van der Waals surface area contributed by atoms with Crippen LogP contribution in [0.15, 0.2) is 16.9 Å². The van der Waals surface area contributed by atoms with Crippen LogP contribution in [0.2, 0.25) is 0 Å². The molecule has 0 amide bonds. The Kier molecular flexibility index (Phi) is 4.32. The summed E-state index contributed by atoms with van der Waals surface area (Å²) in [5.41, 5.74) is 9.64. The number of hydrogen-bond acceptors (Lipinski definition) is 5. The Morgan fingerprint density at radius 1 is 1.30 bits per heavy atom. The molecule has 144 valence electrons. The number of sulfonamides is 1. The second-order valence-electron chi connectivity index (χ2n) is 6.95. The number of aromatic nitrogens is 3. The summed E-state index contributed by atoms with van der Waals surface area (Å²) in [7, 11) is -3.36. The van der Waals surface area contributed by atoms with Crippen molar-refractivity contribution in [1.29, 1.82) is 0 Å². The molecule has 1 aliphatic rings. The number of rotatable bonds is 4. The van der Waals surface area contributed by atoms with Crippen LogP contribution < -0.4 is 11.3 Å². The lowest BCUT2D eigenvalue weighted by Crippen LogP contribution is -2.39. The highest BCUT2D eigenvalue weighted by Gasteiger charge is 2.27. The maximum Gasteiger partial charge on any atom is 0.262 e. The zero-order valence-corrected chi connectivity index (χ0v) is 16.3. The molecule has 2 aromatic heterocycles. The first-order valence-corrected chi connectivity index (χ1v) is 10.7. The monoisotopic (exact) mass is 389 g/mol. The molecule has 27 heavy (non-hydrogen) atoms. The molecule has 0 saturated carbocycles. The Morgan fingerprint density at radius 3 is 2.78 bits per heavy atom. The average molecular weight is 389 g/mol. The molecule has 8 nitrogen and oxygen atoms in total. The van der Waals surface area contributed by atoms with Gasteiger partial charge in [-0.1, -0.05) is 0 Å². The molecule has 3 aromatic rings. The van der Waals surface area contributed by atoms with E-state index in [1.54, 1.807) is 4.57 Å². The molecule has 0 radical (unpaired) electrons. The molecule has 1 aromatic carbocycles. The van der Waals surface area contributed by atoms with Gasteiger partial charge in [-0.15, -0.1) is 0 Å². The maximum atomic E-state index is 12.9. The number of fused-ring (bicyclic) bond motifs is 4. The number of aryl methyl sites for hydroxylation is 2. The third kappa shape index (κ3) is 2.77. The van der Waals surface area contributed by atoms with Gasteiger partial charge in [0, 0.05) is 37.3 Å². The van der Waals surface area contributed by atoms with Gasteiger partial charge in [-0.3, -0.25) is 9.89 Å². The summed E-state index contributed by atoms with van der Waals surface area (Å²) in [6.45, 7) is 5.17. The van der Waals surface area contributed by atoms with Crippen LogP contribution in [0.4, 0.5) is 0 Å². The van der Waals surface area contributed by atoms with Crippen LogP contribution in [0, 0.1) is 6.92 Å². The van der Waals surface area contributed by atoms with Crippen LogP contribution in [0.1, 0.15) is 23.7 Å². The average Bonchev–Trinajstić information content (AvgIpc) is 3.02. The quantitative estimate of drug-likeness (QED) is 0.687. The number of hydrogen-bond donors (Lipinski definition) is 2. The summed E-state index contributed by atoms with van der Waals surface area (Å²) in [6.07, 6.45) is 0.630. The molecule has 0 spiro atoms. The highest BCUT2D eigenvalue weighted by atomic mass is 32.2. The van der Waals surface area contributed by atoms with E-state index in [9.17, 15) is 13.2 Å². The summed E-state index contributed by atoms with van der Waals surface area (Å²) in [6, 6.07) is 4.01. The van der Waals surface area contributed by atoms with E-state index >= 15 is 0 Å². The maximum absolute atomic E-state index is 12.9. The summed E-state index contributed by atoms with van der Waals surface area (Å²) < 4.78 is 28.0. The zero-order chi connectivity index (χ0) is 19.3. The summed E-state index contributed by atoms with van der Waals surface area (Å²) in [4.78, 5) is 12.9. The first-order valence-electron chi connectivity index (χ1n) is 9.08. The van der Waals surface area contributed by atoms with Crippen molar-refractivity contribution in [1.82, 2.24) is 19.1 Å². The van der Waals surface area contributed by atoms with Crippen molar-refractivity contribution >= 4 is 31.8 Å². The molecule has 4 rings (SSSR count). The Morgan fingerprint density at radius 2 is 2.07 bits per heavy atom. The lowest BCUT2D eigenvalue weighted by atomic mass is 9.97. The number of nitrogens with one attached hydrogen (secondary N) is 1. The molecule has 0 atom stereocenters. The van der Waals surface area contributed by atoms with Gasteiger partial charge in [0.25, 0.3) is 5.56 Å². The van der Waals surface area contributed by atoms with Gasteiger partial charge in [0.1, 0.15) is 5.52 Å². The van der Waals surface area contributed by atoms with Gasteiger partial charge in [0.05, 0.1) is 16.7 Å². The van der Waals surface area contributed by atoms with Crippen LogP contribution in [0.25, 0.3) is 21.8 Å². The number of pyridine rings is 1. The molecule has 0 saturated heterocycles. The van der Waals surface area contributed by atoms with Gasteiger partial charge in [0.2, 0.25) is 10.0 Å². The van der Waals surface area contributed by atoms with E-state index in [2.05, 4.69) is 16.3 Å². The zero-order valence-electron chi connectivity index (χ0n) is 15.4. The second kappa shape index (κ2) is 6.43. The van der Waals surface area contributed by atoms with Gasteiger partial charge in [0.15, 0.2) is 0 Å². The van der Waals surface area contributed by atoms with Crippen LogP contribution in [-0.4, -0.2) is 46.3 Å². The minimum atomic E-state index is -3.36. The summed E-state index contributed by atoms with van der Waals surface area (Å²) in [5.74, 6) is -0.0528. The minimum absolute atomic E-state index is 0.0528.